The van der Waals surface area contributed by atoms with Crippen molar-refractivity contribution in [1.82, 2.24) is 0 Å². The molecule has 2 aromatic carbocycles. The fourth-order valence-corrected chi connectivity index (χ4v) is 3.18. The van der Waals surface area contributed by atoms with Crippen LogP contribution in [0.2, 0.25) is 5.02 Å². The first-order chi connectivity index (χ1) is 8.08. The van der Waals surface area contributed by atoms with E-state index in [-0.39, 0.29) is 0 Å². The highest BCUT2D eigenvalue weighted by molar-refractivity contribution is 9.10. The first-order valence-electron chi connectivity index (χ1n) is 5.65. The molecule has 0 bridgehead atoms. The van der Waals surface area contributed by atoms with Crippen LogP contribution in [0.1, 0.15) is 22.3 Å². The van der Waals surface area contributed by atoms with Crippen molar-refractivity contribution >= 4 is 27.5 Å². The SMILES string of the molecule is Cc1cc2c(c(C)c1Br)Cc1cc(Cl)ccc1-2. The van der Waals surface area contributed by atoms with Gasteiger partial charge in [0.25, 0.3) is 0 Å². The van der Waals surface area contributed by atoms with Crippen LogP contribution in [-0.2, 0) is 6.42 Å². The monoisotopic (exact) mass is 306 g/mol. The molecule has 0 aromatic heterocycles. The molecule has 0 radical (unpaired) electrons. The molecule has 0 saturated carbocycles. The molecule has 3 rings (SSSR count). The zero-order valence-corrected chi connectivity index (χ0v) is 12.1. The highest BCUT2D eigenvalue weighted by atomic mass is 79.9. The molecule has 2 heteroatoms. The zero-order valence-electron chi connectivity index (χ0n) is 9.77. The largest absolute Gasteiger partial charge is 0.0843 e. The van der Waals surface area contributed by atoms with Gasteiger partial charge in [-0.05, 0) is 71.8 Å². The minimum Gasteiger partial charge on any atom is -0.0843 e. The number of fused-ring (bicyclic) bond motifs is 3. The minimum atomic E-state index is 0.824. The summed E-state index contributed by atoms with van der Waals surface area (Å²) in [6.45, 7) is 4.33. The summed E-state index contributed by atoms with van der Waals surface area (Å²) in [5.41, 5.74) is 8.13. The van der Waals surface area contributed by atoms with Crippen LogP contribution in [0.25, 0.3) is 11.1 Å². The summed E-state index contributed by atoms with van der Waals surface area (Å²) in [5.74, 6) is 0. The van der Waals surface area contributed by atoms with Crippen molar-refractivity contribution in [2.45, 2.75) is 20.3 Å². The second-order valence-corrected chi connectivity index (χ2v) is 5.87. The quantitative estimate of drug-likeness (QED) is 0.529. The predicted octanol–water partition coefficient (Wildman–Crippen LogP) is 5.29. The molecule has 0 heterocycles. The van der Waals surface area contributed by atoms with Crippen LogP contribution < -0.4 is 0 Å². The lowest BCUT2D eigenvalue weighted by molar-refractivity contribution is 1.19. The number of halogens is 2. The van der Waals surface area contributed by atoms with E-state index in [9.17, 15) is 0 Å². The maximum Gasteiger partial charge on any atom is 0.0409 e. The Morgan fingerprint density at radius 1 is 1.12 bits per heavy atom. The first kappa shape index (κ1) is 11.3. The van der Waals surface area contributed by atoms with Gasteiger partial charge in [-0.1, -0.05) is 33.6 Å². The van der Waals surface area contributed by atoms with E-state index in [1.807, 2.05) is 6.07 Å². The van der Waals surface area contributed by atoms with E-state index in [0.29, 0.717) is 0 Å². The van der Waals surface area contributed by atoms with Gasteiger partial charge >= 0.3 is 0 Å². The Morgan fingerprint density at radius 3 is 2.65 bits per heavy atom. The van der Waals surface area contributed by atoms with Gasteiger partial charge < -0.3 is 0 Å². The molecule has 0 amide bonds. The minimum absolute atomic E-state index is 0.824. The summed E-state index contributed by atoms with van der Waals surface area (Å²) in [7, 11) is 0. The Balaban J connectivity index is 2.30. The van der Waals surface area contributed by atoms with E-state index in [1.165, 1.54) is 37.9 Å². The standard InChI is InChI=1S/C15H12BrCl/c1-8-5-14-12-4-3-11(17)6-10(12)7-13(14)9(2)15(8)16/h3-6H,7H2,1-2H3. The van der Waals surface area contributed by atoms with Crippen molar-refractivity contribution in [3.63, 3.8) is 0 Å². The van der Waals surface area contributed by atoms with Crippen molar-refractivity contribution in [3.8, 4) is 11.1 Å². The molecular weight excluding hydrogens is 296 g/mol. The average molecular weight is 308 g/mol. The lowest BCUT2D eigenvalue weighted by Crippen LogP contribution is -1.90. The Labute approximate surface area is 115 Å². The maximum absolute atomic E-state index is 6.06. The van der Waals surface area contributed by atoms with Gasteiger partial charge in [-0.2, -0.15) is 0 Å². The van der Waals surface area contributed by atoms with Crippen LogP contribution in [0, 0.1) is 13.8 Å². The average Bonchev–Trinajstić information content (AvgIpc) is 2.64. The molecule has 0 fully saturated rings. The highest BCUT2D eigenvalue weighted by Gasteiger charge is 2.22. The van der Waals surface area contributed by atoms with Crippen molar-refractivity contribution in [2.24, 2.45) is 0 Å². The van der Waals surface area contributed by atoms with E-state index >= 15 is 0 Å². The van der Waals surface area contributed by atoms with Gasteiger partial charge in [0.05, 0.1) is 0 Å². The van der Waals surface area contributed by atoms with E-state index in [2.05, 4.69) is 48.0 Å². The normalized spacial score (nSPS) is 12.5. The molecule has 86 valence electrons. The summed E-state index contributed by atoms with van der Waals surface area (Å²) in [4.78, 5) is 0. The lowest BCUT2D eigenvalue weighted by Gasteiger charge is -2.09. The third-order valence-corrected chi connectivity index (χ3v) is 4.99. The van der Waals surface area contributed by atoms with Gasteiger partial charge in [-0.3, -0.25) is 0 Å². The van der Waals surface area contributed by atoms with Crippen LogP contribution in [0.3, 0.4) is 0 Å². The molecule has 0 nitrogen and oxygen atoms in total. The zero-order chi connectivity index (χ0) is 12.2. The van der Waals surface area contributed by atoms with Crippen molar-refractivity contribution < 1.29 is 0 Å². The second-order valence-electron chi connectivity index (χ2n) is 4.64. The Bertz CT molecular complexity index is 629. The molecule has 0 unspecified atom stereocenters. The molecule has 0 spiro atoms. The van der Waals surface area contributed by atoms with Crippen LogP contribution >= 0.6 is 27.5 Å². The first-order valence-corrected chi connectivity index (χ1v) is 6.82. The van der Waals surface area contributed by atoms with Gasteiger partial charge in [-0.15, -0.1) is 0 Å². The molecular formula is C15H12BrCl. The summed E-state index contributed by atoms with van der Waals surface area (Å²) in [6.07, 6.45) is 0.996. The molecule has 2 aromatic rings. The Kier molecular flexibility index (Phi) is 2.57. The van der Waals surface area contributed by atoms with Crippen molar-refractivity contribution in [2.75, 3.05) is 0 Å². The van der Waals surface area contributed by atoms with E-state index in [1.54, 1.807) is 0 Å². The van der Waals surface area contributed by atoms with Crippen molar-refractivity contribution in [3.05, 3.63) is 56.0 Å². The molecule has 0 atom stereocenters. The fraction of sp³-hybridized carbons (Fsp3) is 0.200. The summed E-state index contributed by atoms with van der Waals surface area (Å²) in [6, 6.07) is 8.46. The molecule has 1 aliphatic carbocycles. The molecule has 0 saturated heterocycles. The van der Waals surface area contributed by atoms with Gasteiger partial charge in [0, 0.05) is 9.50 Å². The third-order valence-electron chi connectivity index (χ3n) is 3.54. The van der Waals surface area contributed by atoms with E-state index in [0.717, 1.165) is 11.4 Å². The third kappa shape index (κ3) is 1.64. The smallest absolute Gasteiger partial charge is 0.0409 e. The maximum atomic E-state index is 6.06. The van der Waals surface area contributed by atoms with Crippen LogP contribution in [0.15, 0.2) is 28.7 Å². The number of rotatable bonds is 0. The van der Waals surface area contributed by atoms with Gasteiger partial charge in [0.15, 0.2) is 0 Å². The fourth-order valence-electron chi connectivity index (χ4n) is 2.63. The van der Waals surface area contributed by atoms with Crippen LogP contribution in [0.5, 0.6) is 0 Å². The predicted molar refractivity (Wildman–Crippen MR) is 76.9 cm³/mol. The molecule has 0 aliphatic heterocycles. The van der Waals surface area contributed by atoms with Crippen LogP contribution in [-0.4, -0.2) is 0 Å². The molecule has 0 N–H and O–H groups in total. The summed E-state index contributed by atoms with van der Waals surface area (Å²) >= 11 is 9.73. The van der Waals surface area contributed by atoms with Crippen LogP contribution in [0.4, 0.5) is 0 Å². The Morgan fingerprint density at radius 2 is 1.88 bits per heavy atom. The summed E-state index contributed by atoms with van der Waals surface area (Å²) < 4.78 is 1.23. The van der Waals surface area contributed by atoms with E-state index in [4.69, 9.17) is 11.6 Å². The van der Waals surface area contributed by atoms with Gasteiger partial charge in [0.2, 0.25) is 0 Å². The van der Waals surface area contributed by atoms with Gasteiger partial charge in [-0.25, -0.2) is 0 Å². The summed E-state index contributed by atoms with van der Waals surface area (Å²) in [5, 5.41) is 0.824. The number of aryl methyl sites for hydroxylation is 1. The molecule has 17 heavy (non-hydrogen) atoms. The molecule has 1 aliphatic rings. The van der Waals surface area contributed by atoms with Crippen molar-refractivity contribution in [1.29, 1.82) is 0 Å². The lowest BCUT2D eigenvalue weighted by atomic mass is 9.99. The number of benzene rings is 2. The Hall–Kier alpha value is -0.790. The topological polar surface area (TPSA) is 0 Å². The van der Waals surface area contributed by atoms with E-state index < -0.39 is 0 Å². The number of hydrogen-bond acceptors (Lipinski definition) is 0. The number of hydrogen-bond donors (Lipinski definition) is 0. The van der Waals surface area contributed by atoms with Gasteiger partial charge in [0.1, 0.15) is 0 Å². The highest BCUT2D eigenvalue weighted by Crippen LogP contribution is 2.42. The second kappa shape index (κ2) is 3.86.